The summed E-state index contributed by atoms with van der Waals surface area (Å²) >= 11 is 0. The highest BCUT2D eigenvalue weighted by Gasteiger charge is 2.25. The van der Waals surface area contributed by atoms with Crippen LogP contribution in [0.3, 0.4) is 0 Å². The molecule has 2 aromatic rings. The van der Waals surface area contributed by atoms with E-state index in [2.05, 4.69) is 13.2 Å². The molecule has 0 bridgehead atoms. The van der Waals surface area contributed by atoms with E-state index in [4.69, 9.17) is 14.6 Å². The average Bonchev–Trinajstić information content (AvgIpc) is 2.72. The molecule has 0 aliphatic rings. The van der Waals surface area contributed by atoms with Crippen LogP contribution in [0.25, 0.3) is 6.08 Å². The van der Waals surface area contributed by atoms with Gasteiger partial charge in [0, 0.05) is 28.2 Å². The van der Waals surface area contributed by atoms with Gasteiger partial charge in [-0.05, 0) is 55.3 Å². The van der Waals surface area contributed by atoms with Crippen molar-refractivity contribution in [2.24, 2.45) is 0 Å². The van der Waals surface area contributed by atoms with E-state index in [0.717, 1.165) is 17.2 Å². The first-order valence-electron chi connectivity index (χ1n) is 9.83. The van der Waals surface area contributed by atoms with Gasteiger partial charge in [0.05, 0.1) is 0 Å². The molecule has 1 N–H and O–H groups in total. The molecule has 166 valence electrons. The van der Waals surface area contributed by atoms with Crippen LogP contribution in [0.15, 0.2) is 72.8 Å². The topological polar surface area (TPSA) is 89.9 Å². The summed E-state index contributed by atoms with van der Waals surface area (Å²) in [7, 11) is 0. The summed E-state index contributed by atoms with van der Waals surface area (Å²) in [5, 5.41) is 9.02. The van der Waals surface area contributed by atoms with Crippen LogP contribution in [0.5, 0.6) is 11.5 Å². The van der Waals surface area contributed by atoms with Gasteiger partial charge in [-0.3, -0.25) is 0 Å². The van der Waals surface area contributed by atoms with Crippen LogP contribution >= 0.6 is 0 Å². The van der Waals surface area contributed by atoms with Gasteiger partial charge in [0.1, 0.15) is 11.5 Å². The largest absolute Gasteiger partial charge is 0.478 e. The van der Waals surface area contributed by atoms with Gasteiger partial charge in [0.2, 0.25) is 0 Å². The van der Waals surface area contributed by atoms with Crippen LogP contribution < -0.4 is 9.47 Å². The molecular weight excluding hydrogens is 408 g/mol. The Morgan fingerprint density at radius 3 is 1.94 bits per heavy atom. The van der Waals surface area contributed by atoms with E-state index in [1.807, 2.05) is 32.0 Å². The number of esters is 2. The second-order valence-electron chi connectivity index (χ2n) is 7.91. The predicted octanol–water partition coefficient (Wildman–Crippen LogP) is 5.07. The van der Waals surface area contributed by atoms with Crippen LogP contribution in [-0.2, 0) is 19.8 Å². The fraction of sp³-hybridized carbons (Fsp3) is 0.192. The maximum Gasteiger partial charge on any atom is 0.338 e. The first-order valence-corrected chi connectivity index (χ1v) is 9.83. The van der Waals surface area contributed by atoms with Gasteiger partial charge in [-0.2, -0.15) is 0 Å². The van der Waals surface area contributed by atoms with Crippen molar-refractivity contribution in [2.45, 2.75) is 33.1 Å². The lowest BCUT2D eigenvalue weighted by molar-refractivity contribution is -0.131. The number of carbonyl (C=O) groups is 3. The van der Waals surface area contributed by atoms with Gasteiger partial charge < -0.3 is 14.6 Å². The minimum absolute atomic E-state index is 0.231. The van der Waals surface area contributed by atoms with Crippen molar-refractivity contribution < 1.29 is 29.0 Å². The van der Waals surface area contributed by atoms with Gasteiger partial charge >= 0.3 is 17.9 Å². The van der Waals surface area contributed by atoms with Crippen molar-refractivity contribution in [1.82, 2.24) is 0 Å². The van der Waals surface area contributed by atoms with E-state index in [0.29, 0.717) is 16.9 Å². The number of aliphatic carboxylic acids is 1. The monoisotopic (exact) mass is 434 g/mol. The fourth-order valence-corrected chi connectivity index (χ4v) is 2.81. The number of ether oxygens (including phenoxy) is 2. The Hall–Kier alpha value is -3.93. The molecule has 0 spiro atoms. The fourth-order valence-electron chi connectivity index (χ4n) is 2.81. The Morgan fingerprint density at radius 2 is 1.41 bits per heavy atom. The molecule has 6 nitrogen and oxygen atoms in total. The van der Waals surface area contributed by atoms with Gasteiger partial charge in [0.15, 0.2) is 0 Å². The summed E-state index contributed by atoms with van der Waals surface area (Å²) < 4.78 is 10.6. The summed E-state index contributed by atoms with van der Waals surface area (Å²) in [6.07, 6.45) is 2.36. The highest BCUT2D eigenvalue weighted by atomic mass is 16.5. The molecule has 2 aromatic carbocycles. The lowest BCUT2D eigenvalue weighted by Crippen LogP contribution is -2.19. The number of hydrogen-bond acceptors (Lipinski definition) is 5. The average molecular weight is 434 g/mol. The second-order valence-corrected chi connectivity index (χ2v) is 7.91. The number of carboxylic acids is 1. The van der Waals surface area contributed by atoms with Gasteiger partial charge in [-0.15, -0.1) is 0 Å². The number of carbonyl (C=O) groups excluding carboxylic acids is 2. The van der Waals surface area contributed by atoms with E-state index >= 15 is 0 Å². The molecule has 0 aliphatic heterocycles. The Morgan fingerprint density at radius 1 is 0.875 bits per heavy atom. The third kappa shape index (κ3) is 6.04. The van der Waals surface area contributed by atoms with Crippen molar-refractivity contribution in [3.05, 3.63) is 89.5 Å². The molecule has 32 heavy (non-hydrogen) atoms. The van der Waals surface area contributed by atoms with E-state index in [1.54, 1.807) is 31.2 Å². The molecule has 0 unspecified atom stereocenters. The zero-order valence-electron chi connectivity index (χ0n) is 18.6. The normalized spacial score (nSPS) is 11.1. The number of carboxylic acid groups (broad SMARTS) is 1. The Kier molecular flexibility index (Phi) is 7.54. The Bertz CT molecular complexity index is 1100. The van der Waals surface area contributed by atoms with Crippen LogP contribution in [0.4, 0.5) is 0 Å². The van der Waals surface area contributed by atoms with Gasteiger partial charge in [-0.25, -0.2) is 14.4 Å². The van der Waals surface area contributed by atoms with E-state index in [-0.39, 0.29) is 11.3 Å². The summed E-state index contributed by atoms with van der Waals surface area (Å²) in [6, 6.07) is 12.3. The van der Waals surface area contributed by atoms with Crippen LogP contribution in [0.2, 0.25) is 0 Å². The second kappa shape index (κ2) is 9.92. The van der Waals surface area contributed by atoms with Crippen LogP contribution in [-0.4, -0.2) is 23.0 Å². The zero-order chi connectivity index (χ0) is 24.1. The molecule has 6 heteroatoms. The number of rotatable bonds is 8. The van der Waals surface area contributed by atoms with E-state index < -0.39 is 23.3 Å². The van der Waals surface area contributed by atoms with Crippen molar-refractivity contribution in [2.75, 3.05) is 0 Å². The van der Waals surface area contributed by atoms with Crippen molar-refractivity contribution in [1.29, 1.82) is 0 Å². The van der Waals surface area contributed by atoms with Crippen molar-refractivity contribution >= 4 is 24.0 Å². The molecule has 0 aromatic heterocycles. The minimum Gasteiger partial charge on any atom is -0.478 e. The zero-order valence-corrected chi connectivity index (χ0v) is 18.6. The number of hydrogen-bond donors (Lipinski definition) is 1. The molecule has 2 rings (SSSR count). The smallest absolute Gasteiger partial charge is 0.338 e. The molecule has 0 aliphatic carbocycles. The van der Waals surface area contributed by atoms with E-state index in [9.17, 15) is 14.4 Å². The van der Waals surface area contributed by atoms with Gasteiger partial charge in [0.25, 0.3) is 0 Å². The maximum absolute atomic E-state index is 12.0. The first-order chi connectivity index (χ1) is 14.9. The van der Waals surface area contributed by atoms with Crippen LogP contribution in [0, 0.1) is 0 Å². The lowest BCUT2D eigenvalue weighted by Gasteiger charge is -2.27. The van der Waals surface area contributed by atoms with Crippen molar-refractivity contribution in [3.8, 4) is 11.5 Å². The molecule has 0 radical (unpaired) electrons. The first kappa shape index (κ1) is 24.3. The minimum atomic E-state index is -1.12. The quantitative estimate of drug-likeness (QED) is 0.354. The molecule has 0 fully saturated rings. The summed E-state index contributed by atoms with van der Waals surface area (Å²) in [6.45, 7) is 14.2. The number of benzene rings is 2. The Labute approximate surface area is 187 Å². The van der Waals surface area contributed by atoms with Crippen LogP contribution in [0.1, 0.15) is 44.4 Å². The third-order valence-corrected chi connectivity index (χ3v) is 4.82. The van der Waals surface area contributed by atoms with E-state index in [1.165, 1.54) is 13.0 Å². The SMILES string of the molecule is C=C(C)C(=O)Oc1ccc(C(C)(C)c2ccc(OC(=O)C(=C)C)c(C=CC(=O)O)c2)cc1. The Balaban J connectivity index is 2.41. The molecule has 0 amide bonds. The third-order valence-electron chi connectivity index (χ3n) is 4.82. The summed E-state index contributed by atoms with van der Waals surface area (Å²) in [5.74, 6) is -1.57. The molecule has 0 atom stereocenters. The molecule has 0 saturated heterocycles. The molecular formula is C26H26O6. The van der Waals surface area contributed by atoms with Crippen molar-refractivity contribution in [3.63, 3.8) is 0 Å². The maximum atomic E-state index is 12.0. The summed E-state index contributed by atoms with van der Waals surface area (Å²) in [4.78, 5) is 34.7. The standard InChI is InChI=1S/C26H26O6/c1-16(2)24(29)31-21-11-8-19(9-12-21)26(5,6)20-10-13-22(32-25(30)17(3)4)18(15-20)7-14-23(27)28/h7-15H,1,3H2,2,4-6H3,(H,27,28). The highest BCUT2D eigenvalue weighted by molar-refractivity contribution is 5.90. The molecule has 0 saturated carbocycles. The highest BCUT2D eigenvalue weighted by Crippen LogP contribution is 2.35. The predicted molar refractivity (Wildman–Crippen MR) is 123 cm³/mol. The lowest BCUT2D eigenvalue weighted by atomic mass is 9.77. The molecule has 0 heterocycles. The summed E-state index contributed by atoms with van der Waals surface area (Å²) in [5.41, 5.74) is 2.30. The van der Waals surface area contributed by atoms with Gasteiger partial charge in [-0.1, -0.05) is 45.2 Å².